The summed E-state index contributed by atoms with van der Waals surface area (Å²) in [6, 6.07) is 8.20. The van der Waals surface area contributed by atoms with Crippen LogP contribution in [-0.2, 0) is 0 Å². The van der Waals surface area contributed by atoms with E-state index in [1.807, 2.05) is 25.1 Å². The molecule has 2 rings (SSSR count). The normalized spacial score (nSPS) is 12.4. The van der Waals surface area contributed by atoms with Crippen molar-refractivity contribution < 1.29 is 0 Å². The highest BCUT2D eigenvalue weighted by Crippen LogP contribution is 2.25. The maximum atomic E-state index is 6.19. The average molecular weight is 262 g/mol. The Morgan fingerprint density at radius 3 is 2.67 bits per heavy atom. The molecule has 18 heavy (non-hydrogen) atoms. The molecule has 0 amide bonds. The molecule has 1 aromatic heterocycles. The highest BCUT2D eigenvalue weighted by molar-refractivity contribution is 6.31. The van der Waals surface area contributed by atoms with Crippen molar-refractivity contribution in [3.8, 4) is 0 Å². The lowest BCUT2D eigenvalue weighted by atomic mass is 9.99. The zero-order valence-corrected chi connectivity index (χ0v) is 11.3. The van der Waals surface area contributed by atoms with E-state index >= 15 is 0 Å². The lowest BCUT2D eigenvalue weighted by molar-refractivity contribution is 0.626. The standard InChI is InChI=1S/C14H16ClN3/c1-3-16-14(12-6-7-17-18-9-12)11-5-4-10(2)13(15)8-11/h4-9,14,16H,3H2,1-2H3. The van der Waals surface area contributed by atoms with Crippen LogP contribution in [0.3, 0.4) is 0 Å². The van der Waals surface area contributed by atoms with E-state index in [4.69, 9.17) is 11.6 Å². The quantitative estimate of drug-likeness (QED) is 0.919. The number of halogens is 1. The SMILES string of the molecule is CCNC(c1ccnnc1)c1ccc(C)c(Cl)c1. The molecule has 1 aromatic carbocycles. The summed E-state index contributed by atoms with van der Waals surface area (Å²) < 4.78 is 0. The second-order valence-corrected chi connectivity index (χ2v) is 4.58. The van der Waals surface area contributed by atoms with Crippen molar-refractivity contribution in [1.29, 1.82) is 0 Å². The fourth-order valence-corrected chi connectivity index (χ4v) is 2.08. The zero-order chi connectivity index (χ0) is 13.0. The molecule has 1 N–H and O–H groups in total. The first kappa shape index (κ1) is 13.0. The summed E-state index contributed by atoms with van der Waals surface area (Å²) in [4.78, 5) is 0. The fourth-order valence-electron chi connectivity index (χ4n) is 1.89. The van der Waals surface area contributed by atoms with Gasteiger partial charge in [-0.2, -0.15) is 10.2 Å². The van der Waals surface area contributed by atoms with Gasteiger partial charge in [-0.3, -0.25) is 0 Å². The molecule has 1 heterocycles. The van der Waals surface area contributed by atoms with E-state index in [2.05, 4.69) is 28.5 Å². The predicted octanol–water partition coefficient (Wildman–Crippen LogP) is 3.14. The number of hydrogen-bond donors (Lipinski definition) is 1. The molecule has 0 radical (unpaired) electrons. The lowest BCUT2D eigenvalue weighted by Crippen LogP contribution is -2.22. The van der Waals surface area contributed by atoms with E-state index in [0.717, 1.165) is 28.3 Å². The van der Waals surface area contributed by atoms with E-state index in [1.54, 1.807) is 12.4 Å². The first-order valence-electron chi connectivity index (χ1n) is 5.98. The Labute approximate surface area is 112 Å². The highest BCUT2D eigenvalue weighted by atomic mass is 35.5. The second kappa shape index (κ2) is 5.94. The van der Waals surface area contributed by atoms with Crippen molar-refractivity contribution in [3.05, 3.63) is 58.4 Å². The van der Waals surface area contributed by atoms with Gasteiger partial charge in [0.05, 0.1) is 12.2 Å². The maximum absolute atomic E-state index is 6.19. The Bertz CT molecular complexity index is 514. The Hall–Kier alpha value is -1.45. The van der Waals surface area contributed by atoms with Crippen LogP contribution >= 0.6 is 11.6 Å². The number of aromatic nitrogens is 2. The minimum atomic E-state index is 0.101. The maximum Gasteiger partial charge on any atom is 0.0593 e. The Morgan fingerprint density at radius 1 is 1.22 bits per heavy atom. The van der Waals surface area contributed by atoms with Crippen molar-refractivity contribution in [1.82, 2.24) is 15.5 Å². The molecule has 0 spiro atoms. The third-order valence-electron chi connectivity index (χ3n) is 2.88. The molecule has 3 nitrogen and oxygen atoms in total. The zero-order valence-electron chi connectivity index (χ0n) is 10.5. The van der Waals surface area contributed by atoms with Crippen molar-refractivity contribution in [3.63, 3.8) is 0 Å². The molecule has 0 aliphatic carbocycles. The van der Waals surface area contributed by atoms with Crippen LogP contribution in [0.5, 0.6) is 0 Å². The van der Waals surface area contributed by atoms with Gasteiger partial charge in [0.2, 0.25) is 0 Å². The Morgan fingerprint density at radius 2 is 2.06 bits per heavy atom. The number of nitrogens with zero attached hydrogens (tertiary/aromatic N) is 2. The fraction of sp³-hybridized carbons (Fsp3) is 0.286. The van der Waals surface area contributed by atoms with Crippen molar-refractivity contribution >= 4 is 11.6 Å². The molecule has 0 bridgehead atoms. The average Bonchev–Trinajstić information content (AvgIpc) is 2.40. The summed E-state index contributed by atoms with van der Waals surface area (Å²) >= 11 is 6.19. The van der Waals surface area contributed by atoms with Gasteiger partial charge in [-0.05, 0) is 42.3 Å². The molecule has 0 saturated carbocycles. The van der Waals surface area contributed by atoms with E-state index in [0.29, 0.717) is 0 Å². The minimum absolute atomic E-state index is 0.101. The summed E-state index contributed by atoms with van der Waals surface area (Å²) in [6.45, 7) is 4.96. The molecule has 1 unspecified atom stereocenters. The van der Waals surface area contributed by atoms with Crippen LogP contribution in [-0.4, -0.2) is 16.7 Å². The molecule has 0 aliphatic rings. The Balaban J connectivity index is 2.38. The smallest absolute Gasteiger partial charge is 0.0593 e. The third kappa shape index (κ3) is 2.86. The van der Waals surface area contributed by atoms with E-state index in [9.17, 15) is 0 Å². The number of aryl methyl sites for hydroxylation is 1. The van der Waals surface area contributed by atoms with Gasteiger partial charge in [0.25, 0.3) is 0 Å². The second-order valence-electron chi connectivity index (χ2n) is 4.18. The molecular formula is C14H16ClN3. The number of nitrogens with one attached hydrogen (secondary N) is 1. The summed E-state index contributed by atoms with van der Waals surface area (Å²) in [5.41, 5.74) is 3.32. The van der Waals surface area contributed by atoms with Crippen LogP contribution in [0.25, 0.3) is 0 Å². The van der Waals surface area contributed by atoms with Crippen molar-refractivity contribution in [2.24, 2.45) is 0 Å². The van der Waals surface area contributed by atoms with Gasteiger partial charge in [-0.25, -0.2) is 0 Å². The lowest BCUT2D eigenvalue weighted by Gasteiger charge is -2.19. The summed E-state index contributed by atoms with van der Waals surface area (Å²) in [7, 11) is 0. The molecule has 4 heteroatoms. The van der Waals surface area contributed by atoms with Gasteiger partial charge in [0, 0.05) is 11.2 Å². The highest BCUT2D eigenvalue weighted by Gasteiger charge is 2.13. The van der Waals surface area contributed by atoms with Crippen LogP contribution in [0.2, 0.25) is 5.02 Å². The molecule has 1 atom stereocenters. The van der Waals surface area contributed by atoms with Crippen LogP contribution in [0, 0.1) is 6.92 Å². The van der Waals surface area contributed by atoms with Gasteiger partial charge in [-0.15, -0.1) is 0 Å². The predicted molar refractivity (Wildman–Crippen MR) is 73.7 cm³/mol. The molecule has 0 fully saturated rings. The van der Waals surface area contributed by atoms with Crippen molar-refractivity contribution in [2.75, 3.05) is 6.54 Å². The van der Waals surface area contributed by atoms with Crippen molar-refractivity contribution in [2.45, 2.75) is 19.9 Å². The molecular weight excluding hydrogens is 246 g/mol. The van der Waals surface area contributed by atoms with E-state index in [-0.39, 0.29) is 6.04 Å². The van der Waals surface area contributed by atoms with Gasteiger partial charge >= 0.3 is 0 Å². The largest absolute Gasteiger partial charge is 0.306 e. The molecule has 0 aliphatic heterocycles. The first-order chi connectivity index (χ1) is 8.72. The van der Waals surface area contributed by atoms with Gasteiger partial charge in [-0.1, -0.05) is 30.7 Å². The van der Waals surface area contributed by atoms with Crippen LogP contribution in [0.1, 0.15) is 29.7 Å². The molecule has 2 aromatic rings. The number of hydrogen-bond acceptors (Lipinski definition) is 3. The van der Waals surface area contributed by atoms with E-state index < -0.39 is 0 Å². The van der Waals surface area contributed by atoms with Gasteiger partial charge < -0.3 is 5.32 Å². The Kier molecular flexibility index (Phi) is 4.28. The number of benzene rings is 1. The minimum Gasteiger partial charge on any atom is -0.306 e. The van der Waals surface area contributed by atoms with Crippen LogP contribution < -0.4 is 5.32 Å². The first-order valence-corrected chi connectivity index (χ1v) is 6.36. The third-order valence-corrected chi connectivity index (χ3v) is 3.29. The van der Waals surface area contributed by atoms with Gasteiger partial charge in [0.15, 0.2) is 0 Å². The summed E-state index contributed by atoms with van der Waals surface area (Å²) in [6.07, 6.45) is 3.48. The topological polar surface area (TPSA) is 37.8 Å². The van der Waals surface area contributed by atoms with Crippen LogP contribution in [0.15, 0.2) is 36.7 Å². The number of rotatable bonds is 4. The summed E-state index contributed by atoms with van der Waals surface area (Å²) in [5.74, 6) is 0. The van der Waals surface area contributed by atoms with Crippen LogP contribution in [0.4, 0.5) is 0 Å². The van der Waals surface area contributed by atoms with Gasteiger partial charge in [0.1, 0.15) is 0 Å². The molecule has 94 valence electrons. The van der Waals surface area contributed by atoms with E-state index in [1.165, 1.54) is 0 Å². The summed E-state index contributed by atoms with van der Waals surface area (Å²) in [5, 5.41) is 12.0. The molecule has 0 saturated heterocycles. The monoisotopic (exact) mass is 261 g/mol.